The summed E-state index contributed by atoms with van der Waals surface area (Å²) in [7, 11) is 1.95. The zero-order valence-corrected chi connectivity index (χ0v) is 44.9. The Labute approximate surface area is 438 Å². The molecule has 5 aromatic rings. The molecule has 3 atom stereocenters. The number of nitrogens with one attached hydrogen (secondary N) is 4. The fourth-order valence-electron chi connectivity index (χ4n) is 9.23. The van der Waals surface area contributed by atoms with Crippen LogP contribution in [0.4, 0.5) is 11.6 Å². The van der Waals surface area contributed by atoms with E-state index in [-0.39, 0.29) is 68.1 Å². The number of carbonyl (C=O) groups is 5. The van der Waals surface area contributed by atoms with Crippen molar-refractivity contribution in [2.75, 3.05) is 36.5 Å². The summed E-state index contributed by atoms with van der Waals surface area (Å²) in [5.41, 5.74) is 6.78. The maximum absolute atomic E-state index is 14.1. The quantitative estimate of drug-likeness (QED) is 0.0451. The molecule has 0 unspecified atom stereocenters. The molecule has 4 aromatic heterocycles. The van der Waals surface area contributed by atoms with Gasteiger partial charge in [0.25, 0.3) is 5.91 Å². The molecule has 2 aliphatic rings. The topological polar surface area (TPSA) is 233 Å². The van der Waals surface area contributed by atoms with Gasteiger partial charge < -0.3 is 40.7 Å². The Morgan fingerprint density at radius 1 is 0.946 bits per heavy atom. The smallest absolute Gasteiger partial charge is 0.260 e. The summed E-state index contributed by atoms with van der Waals surface area (Å²) in [5, 5.41) is 31.0. The van der Waals surface area contributed by atoms with Gasteiger partial charge >= 0.3 is 0 Å². The van der Waals surface area contributed by atoms with Crippen LogP contribution < -0.4 is 31.1 Å². The zero-order valence-electron chi connectivity index (χ0n) is 44.1. The molecule has 0 saturated carbocycles. The molecule has 7 rings (SSSR count). The highest BCUT2D eigenvalue weighted by molar-refractivity contribution is 7.13. The second-order valence-electron chi connectivity index (χ2n) is 20.6. The van der Waals surface area contributed by atoms with E-state index in [2.05, 4.69) is 50.3 Å². The number of rotatable bonds is 24. The molecule has 1 fully saturated rings. The van der Waals surface area contributed by atoms with Crippen LogP contribution in [-0.2, 0) is 45.4 Å². The molecule has 2 aliphatic heterocycles. The van der Waals surface area contributed by atoms with Crippen molar-refractivity contribution in [1.29, 1.82) is 0 Å². The number of nitrogens with zero attached hydrogens (tertiary/aromatic N) is 9. The van der Waals surface area contributed by atoms with Gasteiger partial charge in [-0.3, -0.25) is 28.9 Å². The first kappa shape index (κ1) is 55.1. The van der Waals surface area contributed by atoms with Crippen LogP contribution in [0.3, 0.4) is 0 Å². The fraction of sp³-hybridized carbons (Fsp3) is 0.519. The van der Waals surface area contributed by atoms with Crippen molar-refractivity contribution in [1.82, 2.24) is 55.9 Å². The molecular weight excluding hydrogens is 959 g/mol. The third kappa shape index (κ3) is 13.7. The van der Waals surface area contributed by atoms with Gasteiger partial charge in [-0.2, -0.15) is 0 Å². The Morgan fingerprint density at radius 3 is 2.39 bits per heavy atom. The number of aliphatic hydroxyl groups is 1. The van der Waals surface area contributed by atoms with Gasteiger partial charge in [-0.05, 0) is 75.3 Å². The molecule has 396 valence electrons. The van der Waals surface area contributed by atoms with E-state index in [9.17, 15) is 29.1 Å². The minimum Gasteiger partial charge on any atom is -0.391 e. The molecule has 74 heavy (non-hydrogen) atoms. The number of aromatic nitrogens is 6. The second kappa shape index (κ2) is 25.1. The average molecular weight is 1030 g/mol. The van der Waals surface area contributed by atoms with Gasteiger partial charge in [0.1, 0.15) is 35.7 Å². The number of hydrogen-bond acceptors (Lipinski definition) is 14. The van der Waals surface area contributed by atoms with Crippen LogP contribution in [0, 0.1) is 12.3 Å². The first-order valence-electron chi connectivity index (χ1n) is 25.9. The maximum atomic E-state index is 14.1. The number of aliphatic hydroxyl groups excluding tert-OH is 1. The third-order valence-corrected chi connectivity index (χ3v) is 14.7. The molecular formula is C54H73N13O6S. The zero-order chi connectivity index (χ0) is 53.1. The van der Waals surface area contributed by atoms with E-state index in [0.717, 1.165) is 59.4 Å². The van der Waals surface area contributed by atoms with Crippen LogP contribution in [0.2, 0.25) is 0 Å². The van der Waals surface area contributed by atoms with E-state index >= 15 is 0 Å². The van der Waals surface area contributed by atoms with Gasteiger partial charge in [0, 0.05) is 64.2 Å². The highest BCUT2D eigenvalue weighted by Gasteiger charge is 2.44. The summed E-state index contributed by atoms with van der Waals surface area (Å²) in [6.45, 7) is 15.9. The summed E-state index contributed by atoms with van der Waals surface area (Å²) in [6.07, 6.45) is 6.30. The maximum Gasteiger partial charge on any atom is 0.260 e. The minimum absolute atomic E-state index is 0.0138. The number of carbonyl (C=O) groups excluding carboxylic acids is 5. The van der Waals surface area contributed by atoms with Crippen molar-refractivity contribution in [2.24, 2.45) is 5.41 Å². The van der Waals surface area contributed by atoms with Gasteiger partial charge in [0.15, 0.2) is 5.82 Å². The van der Waals surface area contributed by atoms with Crippen molar-refractivity contribution in [3.05, 3.63) is 88.4 Å². The van der Waals surface area contributed by atoms with Gasteiger partial charge in [-0.15, -0.1) is 21.5 Å². The number of fused-ring (bicyclic) bond motifs is 1. The molecule has 20 heteroatoms. The van der Waals surface area contributed by atoms with Crippen molar-refractivity contribution in [3.63, 3.8) is 0 Å². The molecule has 5 N–H and O–H groups in total. The summed E-state index contributed by atoms with van der Waals surface area (Å²) < 4.78 is 1.90. The Morgan fingerprint density at radius 2 is 1.69 bits per heavy atom. The molecule has 6 heterocycles. The molecule has 0 aliphatic carbocycles. The third-order valence-electron chi connectivity index (χ3n) is 13.8. The Bertz CT molecular complexity index is 2750. The minimum atomic E-state index is -0.880. The predicted molar refractivity (Wildman–Crippen MR) is 286 cm³/mol. The van der Waals surface area contributed by atoms with E-state index in [1.165, 1.54) is 4.90 Å². The lowest BCUT2D eigenvalue weighted by molar-refractivity contribution is -0.144. The number of amides is 5. The summed E-state index contributed by atoms with van der Waals surface area (Å²) in [4.78, 5) is 87.9. The first-order chi connectivity index (χ1) is 35.4. The lowest BCUT2D eigenvalue weighted by atomic mass is 9.85. The van der Waals surface area contributed by atoms with Crippen LogP contribution in [0.15, 0.2) is 60.4 Å². The number of aryl methyl sites for hydroxylation is 2. The first-order valence-corrected chi connectivity index (χ1v) is 26.8. The molecule has 0 spiro atoms. The van der Waals surface area contributed by atoms with E-state index in [1.54, 1.807) is 22.6 Å². The molecule has 1 aromatic carbocycles. The fourth-order valence-corrected chi connectivity index (χ4v) is 10.0. The molecule has 0 radical (unpaired) electrons. The summed E-state index contributed by atoms with van der Waals surface area (Å²) >= 11 is 1.58. The van der Waals surface area contributed by atoms with Crippen LogP contribution in [0.1, 0.15) is 126 Å². The lowest BCUT2D eigenvalue weighted by Crippen LogP contribution is -2.57. The molecule has 5 amide bonds. The largest absolute Gasteiger partial charge is 0.391 e. The van der Waals surface area contributed by atoms with Gasteiger partial charge in [-0.1, -0.05) is 76.8 Å². The number of likely N-dealkylation sites (tertiary alicyclic amines) is 1. The van der Waals surface area contributed by atoms with Crippen molar-refractivity contribution >= 4 is 52.5 Å². The lowest BCUT2D eigenvalue weighted by Gasteiger charge is -2.35. The van der Waals surface area contributed by atoms with Gasteiger partial charge in [0.05, 0.1) is 46.5 Å². The van der Waals surface area contributed by atoms with E-state index < -0.39 is 23.6 Å². The Kier molecular flexibility index (Phi) is 18.7. The standard InChI is InChI=1S/C54H73N13O6S/c1-9-65-32-59-63-50(65)41-17-16-18-44(60-41)67-31-40-39(52(67)72)26-45(64(8)34(2)3)61-42(40)28-55-29-47(70)56-24-15-13-11-10-12-14-19-46(69)62-49(54(5,6)7)53(73)66-30-38(68)25-43(66)51(71)57-27-36-20-22-37(23-21-36)48-35(4)58-33-74-48/h16-18,20-23,26,32-34,38,43,49,55,68H,9-15,19,24-25,27-31H2,1-8H3,(H,56,70)(H,57,71)(H,62,69)/t38-,43+,49-/m1/s1. The van der Waals surface area contributed by atoms with E-state index in [0.29, 0.717) is 67.0 Å². The SMILES string of the molecule is CCn1cnnc1-c1cccc(N2Cc3c(cc(N(C)C(C)C)nc3CNCC(=O)NCCCCCCCCC(=O)N[C@H](C(=O)N3C[C@H](O)C[C@H]3C(=O)NCc3ccc(-c4scnc4C)cc3)C(C)(C)C)C2=O)n1. The highest BCUT2D eigenvalue weighted by atomic mass is 32.1. The van der Waals surface area contributed by atoms with Crippen LogP contribution in [-0.4, -0.2) is 120 Å². The van der Waals surface area contributed by atoms with Crippen LogP contribution in [0.25, 0.3) is 22.0 Å². The van der Waals surface area contributed by atoms with Crippen LogP contribution in [0.5, 0.6) is 0 Å². The van der Waals surface area contributed by atoms with Gasteiger partial charge in [0.2, 0.25) is 23.6 Å². The van der Waals surface area contributed by atoms with Crippen molar-refractivity contribution in [2.45, 2.75) is 150 Å². The van der Waals surface area contributed by atoms with Gasteiger partial charge in [-0.25, -0.2) is 15.0 Å². The number of anilines is 2. The summed E-state index contributed by atoms with van der Waals surface area (Å²) in [5.74, 6) is 0.547. The number of thiazole rings is 1. The Hall–Kier alpha value is -6.64. The number of pyridine rings is 2. The molecule has 1 saturated heterocycles. The summed E-state index contributed by atoms with van der Waals surface area (Å²) in [6, 6.07) is 13.7. The average Bonchev–Trinajstić information content (AvgIpc) is 4.20. The van der Waals surface area contributed by atoms with Crippen LogP contribution >= 0.6 is 11.3 Å². The number of hydrogen-bond donors (Lipinski definition) is 5. The van der Waals surface area contributed by atoms with Crippen molar-refractivity contribution < 1.29 is 29.1 Å². The highest BCUT2D eigenvalue weighted by Crippen LogP contribution is 2.33. The number of benzene rings is 1. The van der Waals surface area contributed by atoms with E-state index in [4.69, 9.17) is 9.97 Å². The molecule has 19 nitrogen and oxygen atoms in total. The Balaban J connectivity index is 0.802. The predicted octanol–water partition coefficient (Wildman–Crippen LogP) is 5.94. The monoisotopic (exact) mass is 1030 g/mol. The number of unbranched alkanes of at least 4 members (excludes halogenated alkanes) is 5. The van der Waals surface area contributed by atoms with E-state index in [1.807, 2.05) is 105 Å². The van der Waals surface area contributed by atoms with Crippen molar-refractivity contribution in [3.8, 4) is 22.0 Å². The second-order valence-corrected chi connectivity index (χ2v) is 21.5. The molecule has 0 bridgehead atoms. The normalized spacial score (nSPS) is 15.9. The number of β-amino-alcohol motifs (C(OH)–C–C–N with tert-alkyl or cyclic N) is 1.